The van der Waals surface area contributed by atoms with Crippen molar-refractivity contribution in [2.24, 2.45) is 0 Å². The van der Waals surface area contributed by atoms with E-state index in [0.717, 1.165) is 12.0 Å². The summed E-state index contributed by atoms with van der Waals surface area (Å²) >= 11 is 0. The Labute approximate surface area is 146 Å². The van der Waals surface area contributed by atoms with Crippen LogP contribution in [0.2, 0.25) is 0 Å². The topological polar surface area (TPSA) is 69.9 Å². The van der Waals surface area contributed by atoms with E-state index >= 15 is 0 Å². The van der Waals surface area contributed by atoms with Gasteiger partial charge in [-0.3, -0.25) is 9.36 Å². The Balaban J connectivity index is 2.15. The summed E-state index contributed by atoms with van der Waals surface area (Å²) in [6.07, 6.45) is 2.34. The molecule has 0 spiro atoms. The molecule has 0 saturated heterocycles. The molecule has 0 N–H and O–H groups in total. The average Bonchev–Trinajstić information content (AvgIpc) is 2.60. The first-order valence-corrected chi connectivity index (χ1v) is 8.26. The molecule has 3 aromatic rings. The lowest BCUT2D eigenvalue weighted by atomic mass is 9.92. The second-order valence-electron chi connectivity index (χ2n) is 6.97. The largest absolute Gasteiger partial charge is 0.467 e. The van der Waals surface area contributed by atoms with Gasteiger partial charge in [0.15, 0.2) is 5.65 Å². The van der Waals surface area contributed by atoms with Crippen LogP contribution in [0.4, 0.5) is 0 Å². The number of hydrogen-bond donors (Lipinski definition) is 0. The molecule has 1 aromatic carbocycles. The summed E-state index contributed by atoms with van der Waals surface area (Å²) in [5.74, 6) is 0. The van der Waals surface area contributed by atoms with Crippen LogP contribution >= 0.6 is 0 Å². The van der Waals surface area contributed by atoms with Crippen molar-refractivity contribution in [2.45, 2.75) is 39.2 Å². The maximum atomic E-state index is 13.0. The molecule has 2 aromatic heterocycles. The first-order valence-electron chi connectivity index (χ1n) is 8.26. The van der Waals surface area contributed by atoms with Gasteiger partial charge in [0.1, 0.15) is 11.2 Å². The normalized spacial score (nSPS) is 11.7. The quantitative estimate of drug-likeness (QED) is 0.731. The number of methoxy groups -OCH3 is 1. The first-order chi connectivity index (χ1) is 11.9. The molecule has 0 aliphatic rings. The molecule has 130 valence electrons. The van der Waals surface area contributed by atoms with Gasteiger partial charge in [0.2, 0.25) is 0 Å². The summed E-state index contributed by atoms with van der Waals surface area (Å²) in [6, 6.07) is 10.3. The highest BCUT2D eigenvalue weighted by Gasteiger charge is 2.23. The van der Waals surface area contributed by atoms with Crippen LogP contribution in [-0.4, -0.2) is 26.6 Å². The molecule has 0 unspecified atom stereocenters. The molecule has 25 heavy (non-hydrogen) atoms. The average molecular weight is 338 g/mol. The molecule has 2 heterocycles. The minimum Gasteiger partial charge on any atom is -0.467 e. The highest BCUT2D eigenvalue weighted by Crippen LogP contribution is 2.20. The number of hydrogen-bond acceptors (Lipinski definition) is 5. The van der Waals surface area contributed by atoms with Gasteiger partial charge in [-0.2, -0.15) is 4.98 Å². The molecule has 0 bridgehead atoms. The van der Waals surface area contributed by atoms with Crippen LogP contribution in [0.25, 0.3) is 11.2 Å². The summed E-state index contributed by atoms with van der Waals surface area (Å²) in [4.78, 5) is 26.1. The van der Waals surface area contributed by atoms with Gasteiger partial charge < -0.3 is 4.74 Å². The smallest absolute Gasteiger partial charge is 0.318 e. The number of aromatic nitrogens is 4. The van der Waals surface area contributed by atoms with E-state index in [2.05, 4.69) is 27.1 Å². The highest BCUT2D eigenvalue weighted by atomic mass is 16.5. The van der Waals surface area contributed by atoms with Crippen molar-refractivity contribution in [3.05, 3.63) is 58.1 Å². The SMILES string of the molecule is COc1ncc2nc(C(C)(C)C)c(=O)n(CCc3ccccc3)c2n1. The van der Waals surface area contributed by atoms with E-state index in [0.29, 0.717) is 23.4 Å². The Morgan fingerprint density at radius 2 is 1.84 bits per heavy atom. The highest BCUT2D eigenvalue weighted by molar-refractivity contribution is 5.69. The lowest BCUT2D eigenvalue weighted by Gasteiger charge is -2.19. The van der Waals surface area contributed by atoms with E-state index in [1.54, 1.807) is 10.8 Å². The number of nitrogens with zero attached hydrogens (tertiary/aromatic N) is 4. The fourth-order valence-corrected chi connectivity index (χ4v) is 2.70. The molecule has 6 nitrogen and oxygen atoms in total. The van der Waals surface area contributed by atoms with E-state index in [1.165, 1.54) is 7.11 Å². The third-order valence-corrected chi connectivity index (χ3v) is 4.02. The minimum absolute atomic E-state index is 0.114. The van der Waals surface area contributed by atoms with Crippen molar-refractivity contribution in [1.82, 2.24) is 19.5 Å². The fraction of sp³-hybridized carbons (Fsp3) is 0.368. The summed E-state index contributed by atoms with van der Waals surface area (Å²) < 4.78 is 6.79. The van der Waals surface area contributed by atoms with Gasteiger partial charge in [-0.1, -0.05) is 51.1 Å². The number of fused-ring (bicyclic) bond motifs is 1. The van der Waals surface area contributed by atoms with Gasteiger partial charge in [-0.25, -0.2) is 9.97 Å². The van der Waals surface area contributed by atoms with Crippen LogP contribution in [0.3, 0.4) is 0 Å². The van der Waals surface area contributed by atoms with Gasteiger partial charge in [0, 0.05) is 12.0 Å². The van der Waals surface area contributed by atoms with E-state index in [-0.39, 0.29) is 17.0 Å². The van der Waals surface area contributed by atoms with E-state index < -0.39 is 0 Å². The van der Waals surface area contributed by atoms with Gasteiger partial charge in [-0.15, -0.1) is 0 Å². The Hall–Kier alpha value is -2.76. The molecule has 0 aliphatic heterocycles. The molecular formula is C19H22N4O2. The van der Waals surface area contributed by atoms with Crippen molar-refractivity contribution in [2.75, 3.05) is 7.11 Å². The third-order valence-electron chi connectivity index (χ3n) is 4.02. The summed E-state index contributed by atoms with van der Waals surface area (Å²) in [5, 5.41) is 0. The number of aryl methyl sites for hydroxylation is 2. The lowest BCUT2D eigenvalue weighted by Crippen LogP contribution is -2.33. The van der Waals surface area contributed by atoms with Gasteiger partial charge in [0.05, 0.1) is 13.3 Å². The van der Waals surface area contributed by atoms with Crippen molar-refractivity contribution >= 4 is 11.2 Å². The van der Waals surface area contributed by atoms with Crippen LogP contribution in [0.1, 0.15) is 32.0 Å². The molecule has 0 fully saturated rings. The van der Waals surface area contributed by atoms with Gasteiger partial charge in [-0.05, 0) is 12.0 Å². The molecule has 0 saturated carbocycles. The zero-order valence-corrected chi connectivity index (χ0v) is 15.0. The van der Waals surface area contributed by atoms with Gasteiger partial charge >= 0.3 is 6.01 Å². The van der Waals surface area contributed by atoms with Crippen molar-refractivity contribution in [3.63, 3.8) is 0 Å². The minimum atomic E-state index is -0.361. The van der Waals surface area contributed by atoms with Crippen LogP contribution in [0.15, 0.2) is 41.3 Å². The number of ether oxygens (including phenoxy) is 1. The Morgan fingerprint density at radius 3 is 2.48 bits per heavy atom. The zero-order chi connectivity index (χ0) is 18.0. The van der Waals surface area contributed by atoms with Crippen LogP contribution in [-0.2, 0) is 18.4 Å². The summed E-state index contributed by atoms with van der Waals surface area (Å²) in [7, 11) is 1.50. The van der Waals surface area contributed by atoms with E-state index in [1.807, 2.05) is 39.0 Å². The zero-order valence-electron chi connectivity index (χ0n) is 15.0. The number of benzene rings is 1. The fourth-order valence-electron chi connectivity index (χ4n) is 2.70. The van der Waals surface area contributed by atoms with Gasteiger partial charge in [0.25, 0.3) is 5.56 Å². The predicted molar refractivity (Wildman–Crippen MR) is 97.0 cm³/mol. The first kappa shape index (κ1) is 17.1. The van der Waals surface area contributed by atoms with Crippen LogP contribution in [0, 0.1) is 0 Å². The molecule has 0 radical (unpaired) electrons. The molecule has 0 amide bonds. The third kappa shape index (κ3) is 3.52. The second-order valence-corrected chi connectivity index (χ2v) is 6.97. The number of rotatable bonds is 4. The van der Waals surface area contributed by atoms with Crippen molar-refractivity contribution < 1.29 is 4.74 Å². The van der Waals surface area contributed by atoms with Crippen LogP contribution in [0.5, 0.6) is 6.01 Å². The van der Waals surface area contributed by atoms with Crippen LogP contribution < -0.4 is 10.3 Å². The summed E-state index contributed by atoms with van der Waals surface area (Å²) in [6.45, 7) is 6.46. The van der Waals surface area contributed by atoms with Crippen molar-refractivity contribution in [1.29, 1.82) is 0 Å². The maximum Gasteiger partial charge on any atom is 0.318 e. The molecule has 3 rings (SSSR count). The Morgan fingerprint density at radius 1 is 1.12 bits per heavy atom. The lowest BCUT2D eigenvalue weighted by molar-refractivity contribution is 0.380. The Kier molecular flexibility index (Phi) is 4.53. The second kappa shape index (κ2) is 6.63. The standard InChI is InChI=1S/C19H22N4O2/c1-19(2,3)15-17(24)23(11-10-13-8-6-5-7-9-13)16-14(21-15)12-20-18(22-16)25-4/h5-9,12H,10-11H2,1-4H3. The molecular weight excluding hydrogens is 316 g/mol. The molecule has 0 atom stereocenters. The predicted octanol–water partition coefficient (Wildman–Crippen LogP) is 2.74. The monoisotopic (exact) mass is 338 g/mol. The maximum absolute atomic E-state index is 13.0. The van der Waals surface area contributed by atoms with E-state index in [4.69, 9.17) is 4.74 Å². The summed E-state index contributed by atoms with van der Waals surface area (Å²) in [5.41, 5.74) is 2.30. The van der Waals surface area contributed by atoms with Crippen molar-refractivity contribution in [3.8, 4) is 6.01 Å². The Bertz CT molecular complexity index is 943. The van der Waals surface area contributed by atoms with E-state index in [9.17, 15) is 4.79 Å². The molecule has 0 aliphatic carbocycles. The molecule has 6 heteroatoms.